The molecule has 5 heteroatoms. The maximum Gasteiger partial charge on any atom is 0.261 e. The second-order valence-electron chi connectivity index (χ2n) is 3.25. The Morgan fingerprint density at radius 3 is 2.81 bits per heavy atom. The smallest absolute Gasteiger partial charge is 0.261 e. The number of aromatic nitrogens is 2. The van der Waals surface area contributed by atoms with Crippen LogP contribution in [0.15, 0.2) is 22.7 Å². The molecule has 1 aromatic heterocycles. The lowest BCUT2D eigenvalue weighted by molar-refractivity contribution is 0.404. The van der Waals surface area contributed by atoms with Gasteiger partial charge in [0.05, 0.1) is 12.7 Å². The molecule has 1 heterocycles. The first-order valence-corrected chi connectivity index (χ1v) is 4.94. The monoisotopic (exact) mass is 220 g/mol. The van der Waals surface area contributed by atoms with Crippen molar-refractivity contribution in [3.8, 4) is 23.0 Å². The van der Waals surface area contributed by atoms with Crippen LogP contribution in [0.2, 0.25) is 0 Å². The van der Waals surface area contributed by atoms with Crippen molar-refractivity contribution in [2.45, 2.75) is 13.3 Å². The van der Waals surface area contributed by atoms with Crippen LogP contribution < -0.4 is 4.74 Å². The van der Waals surface area contributed by atoms with Crippen molar-refractivity contribution >= 4 is 0 Å². The van der Waals surface area contributed by atoms with Crippen molar-refractivity contribution in [1.29, 1.82) is 0 Å². The van der Waals surface area contributed by atoms with Crippen LogP contribution in [0.25, 0.3) is 11.5 Å². The minimum atomic E-state index is 0.0608. The van der Waals surface area contributed by atoms with Gasteiger partial charge in [-0.1, -0.05) is 12.1 Å². The van der Waals surface area contributed by atoms with Crippen molar-refractivity contribution in [2.24, 2.45) is 0 Å². The second-order valence-corrected chi connectivity index (χ2v) is 3.25. The number of aryl methyl sites for hydroxylation is 1. The van der Waals surface area contributed by atoms with E-state index in [4.69, 9.17) is 9.26 Å². The average molecular weight is 220 g/mol. The third-order valence-electron chi connectivity index (χ3n) is 2.22. The summed E-state index contributed by atoms with van der Waals surface area (Å²) in [6, 6.07) is 4.91. The van der Waals surface area contributed by atoms with E-state index < -0.39 is 0 Å². The number of benzene rings is 1. The number of aromatic hydroxyl groups is 1. The van der Waals surface area contributed by atoms with Crippen molar-refractivity contribution in [3.05, 3.63) is 24.0 Å². The van der Waals surface area contributed by atoms with Crippen LogP contribution in [0.4, 0.5) is 0 Å². The Hall–Kier alpha value is -2.04. The van der Waals surface area contributed by atoms with Gasteiger partial charge in [-0.2, -0.15) is 4.98 Å². The molecule has 1 N–H and O–H groups in total. The molecular formula is C11H12N2O3. The first-order valence-electron chi connectivity index (χ1n) is 4.94. The highest BCUT2D eigenvalue weighted by molar-refractivity contribution is 5.63. The van der Waals surface area contributed by atoms with Crippen molar-refractivity contribution in [2.75, 3.05) is 7.11 Å². The van der Waals surface area contributed by atoms with Gasteiger partial charge < -0.3 is 14.4 Å². The summed E-state index contributed by atoms with van der Waals surface area (Å²) in [4.78, 5) is 4.14. The standard InChI is InChI=1S/C11H12N2O3/c1-3-10-12-11(16-13-10)8-5-4-7(15-2)6-9(8)14/h4-6,14H,3H2,1-2H3. The SMILES string of the molecule is CCc1noc(-c2ccc(OC)cc2O)n1. The topological polar surface area (TPSA) is 68.4 Å². The lowest BCUT2D eigenvalue weighted by Gasteiger charge is -2.02. The zero-order valence-corrected chi connectivity index (χ0v) is 9.10. The van der Waals surface area contributed by atoms with Crippen LogP contribution in [-0.2, 0) is 6.42 Å². The third kappa shape index (κ3) is 1.84. The fourth-order valence-corrected chi connectivity index (χ4v) is 1.33. The summed E-state index contributed by atoms with van der Waals surface area (Å²) in [6.07, 6.45) is 0.695. The van der Waals surface area contributed by atoms with E-state index in [1.165, 1.54) is 13.2 Å². The minimum Gasteiger partial charge on any atom is -0.507 e. The molecule has 0 unspecified atom stereocenters. The highest BCUT2D eigenvalue weighted by atomic mass is 16.5. The summed E-state index contributed by atoms with van der Waals surface area (Å²) in [5, 5.41) is 13.5. The van der Waals surface area contributed by atoms with E-state index in [2.05, 4.69) is 10.1 Å². The molecule has 0 bridgehead atoms. The summed E-state index contributed by atoms with van der Waals surface area (Å²) >= 11 is 0. The Labute approximate surface area is 92.7 Å². The molecule has 0 amide bonds. The molecule has 0 aliphatic carbocycles. The Bertz CT molecular complexity index is 494. The largest absolute Gasteiger partial charge is 0.507 e. The Kier molecular flexibility index (Phi) is 2.76. The summed E-state index contributed by atoms with van der Waals surface area (Å²) in [6.45, 7) is 1.93. The number of ether oxygens (including phenoxy) is 1. The fraction of sp³-hybridized carbons (Fsp3) is 0.273. The molecule has 0 atom stereocenters. The van der Waals surface area contributed by atoms with Gasteiger partial charge in [-0.05, 0) is 12.1 Å². The van der Waals surface area contributed by atoms with E-state index in [-0.39, 0.29) is 5.75 Å². The molecule has 0 saturated carbocycles. The molecule has 0 spiro atoms. The summed E-state index contributed by atoms with van der Waals surface area (Å²) in [7, 11) is 1.54. The van der Waals surface area contributed by atoms with Gasteiger partial charge in [-0.3, -0.25) is 0 Å². The zero-order valence-electron chi connectivity index (χ0n) is 9.10. The molecule has 2 aromatic rings. The maximum absolute atomic E-state index is 9.75. The number of hydrogen-bond donors (Lipinski definition) is 1. The Morgan fingerprint density at radius 2 is 2.25 bits per heavy atom. The Morgan fingerprint density at radius 1 is 1.44 bits per heavy atom. The first-order chi connectivity index (χ1) is 7.74. The van der Waals surface area contributed by atoms with Gasteiger partial charge in [0, 0.05) is 12.5 Å². The van der Waals surface area contributed by atoms with Gasteiger partial charge in [-0.15, -0.1) is 0 Å². The van der Waals surface area contributed by atoms with Crippen LogP contribution in [0.1, 0.15) is 12.7 Å². The van der Waals surface area contributed by atoms with E-state index in [1.54, 1.807) is 12.1 Å². The van der Waals surface area contributed by atoms with Crippen LogP contribution in [-0.4, -0.2) is 22.4 Å². The average Bonchev–Trinajstić information content (AvgIpc) is 2.77. The van der Waals surface area contributed by atoms with Gasteiger partial charge in [0.15, 0.2) is 5.82 Å². The van der Waals surface area contributed by atoms with Gasteiger partial charge in [0.25, 0.3) is 5.89 Å². The minimum absolute atomic E-state index is 0.0608. The predicted octanol–water partition coefficient (Wildman–Crippen LogP) is 2.01. The molecule has 0 fully saturated rings. The van der Waals surface area contributed by atoms with E-state index in [0.717, 1.165) is 0 Å². The van der Waals surface area contributed by atoms with E-state index in [0.29, 0.717) is 29.4 Å². The lowest BCUT2D eigenvalue weighted by Crippen LogP contribution is -1.85. The molecule has 84 valence electrons. The van der Waals surface area contributed by atoms with Gasteiger partial charge in [0.2, 0.25) is 0 Å². The van der Waals surface area contributed by atoms with Crippen LogP contribution in [0, 0.1) is 0 Å². The molecule has 0 aliphatic rings. The van der Waals surface area contributed by atoms with Crippen molar-refractivity contribution < 1.29 is 14.4 Å². The van der Waals surface area contributed by atoms with Crippen LogP contribution in [0.5, 0.6) is 11.5 Å². The third-order valence-corrected chi connectivity index (χ3v) is 2.22. The zero-order chi connectivity index (χ0) is 11.5. The lowest BCUT2D eigenvalue weighted by atomic mass is 10.2. The molecule has 2 rings (SSSR count). The number of hydrogen-bond acceptors (Lipinski definition) is 5. The Balaban J connectivity index is 2.40. The fourth-order valence-electron chi connectivity index (χ4n) is 1.33. The molecule has 0 radical (unpaired) electrons. The highest BCUT2D eigenvalue weighted by Gasteiger charge is 2.12. The van der Waals surface area contributed by atoms with Crippen molar-refractivity contribution in [1.82, 2.24) is 10.1 Å². The second kappa shape index (κ2) is 4.22. The number of nitrogens with zero attached hydrogens (tertiary/aromatic N) is 2. The van der Waals surface area contributed by atoms with Crippen molar-refractivity contribution in [3.63, 3.8) is 0 Å². The number of methoxy groups -OCH3 is 1. The van der Waals surface area contributed by atoms with E-state index in [9.17, 15) is 5.11 Å². The highest BCUT2D eigenvalue weighted by Crippen LogP contribution is 2.31. The normalized spacial score (nSPS) is 10.4. The van der Waals surface area contributed by atoms with E-state index >= 15 is 0 Å². The maximum atomic E-state index is 9.75. The molecule has 5 nitrogen and oxygen atoms in total. The first kappa shape index (κ1) is 10.5. The molecule has 0 saturated heterocycles. The molecule has 16 heavy (non-hydrogen) atoms. The number of rotatable bonds is 3. The molecule has 0 aliphatic heterocycles. The van der Waals surface area contributed by atoms with Gasteiger partial charge >= 0.3 is 0 Å². The van der Waals surface area contributed by atoms with Crippen LogP contribution in [0.3, 0.4) is 0 Å². The summed E-state index contributed by atoms with van der Waals surface area (Å²) in [5.74, 6) is 1.57. The quantitative estimate of drug-likeness (QED) is 0.856. The van der Waals surface area contributed by atoms with E-state index in [1.807, 2.05) is 6.92 Å². The summed E-state index contributed by atoms with van der Waals surface area (Å²) < 4.78 is 10.0. The molecular weight excluding hydrogens is 208 g/mol. The molecule has 1 aromatic carbocycles. The predicted molar refractivity (Wildman–Crippen MR) is 57.3 cm³/mol. The number of phenols is 1. The number of phenolic OH excluding ortho intramolecular Hbond substituents is 1. The summed E-state index contributed by atoms with van der Waals surface area (Å²) in [5.41, 5.74) is 0.507. The van der Waals surface area contributed by atoms with Crippen LogP contribution >= 0.6 is 0 Å². The van der Waals surface area contributed by atoms with Gasteiger partial charge in [0.1, 0.15) is 11.5 Å². The van der Waals surface area contributed by atoms with Gasteiger partial charge in [-0.25, -0.2) is 0 Å².